The van der Waals surface area contributed by atoms with Crippen molar-refractivity contribution in [1.82, 2.24) is 4.31 Å². The van der Waals surface area contributed by atoms with Gasteiger partial charge in [0.2, 0.25) is 15.9 Å². The molecule has 1 aliphatic heterocycles. The Balaban J connectivity index is 1.51. The predicted octanol–water partition coefficient (Wildman–Crippen LogP) is 5.04. The van der Waals surface area contributed by atoms with Crippen molar-refractivity contribution in [2.75, 3.05) is 18.4 Å². The lowest BCUT2D eigenvalue weighted by molar-refractivity contribution is -0.140. The number of halogens is 4. The van der Waals surface area contributed by atoms with Gasteiger partial charge in [-0.2, -0.15) is 17.5 Å². The maximum absolute atomic E-state index is 13.5. The van der Waals surface area contributed by atoms with Crippen molar-refractivity contribution in [3.63, 3.8) is 0 Å². The number of nitrogens with zero attached hydrogens (tertiary/aromatic N) is 1. The molecule has 3 aromatic carbocycles. The molecule has 0 unspecified atom stereocenters. The van der Waals surface area contributed by atoms with Crippen LogP contribution in [0, 0.1) is 11.7 Å². The van der Waals surface area contributed by atoms with Crippen LogP contribution in [0.4, 0.5) is 23.2 Å². The average Bonchev–Trinajstić information content (AvgIpc) is 2.79. The third-order valence-electron chi connectivity index (χ3n) is 5.65. The van der Waals surface area contributed by atoms with Crippen LogP contribution in [0.15, 0.2) is 65.6 Å². The van der Waals surface area contributed by atoms with E-state index in [9.17, 15) is 30.8 Å². The van der Waals surface area contributed by atoms with Crippen molar-refractivity contribution in [2.45, 2.75) is 23.9 Å². The monoisotopic (exact) mass is 480 g/mol. The van der Waals surface area contributed by atoms with Gasteiger partial charge < -0.3 is 5.32 Å². The maximum atomic E-state index is 13.5. The molecule has 0 aromatic heterocycles. The number of rotatable bonds is 4. The highest BCUT2D eigenvalue weighted by Gasteiger charge is 2.36. The summed E-state index contributed by atoms with van der Waals surface area (Å²) in [6.45, 7) is 0.127. The van der Waals surface area contributed by atoms with Gasteiger partial charge in [-0.15, -0.1) is 0 Å². The third-order valence-corrected chi connectivity index (χ3v) is 7.51. The Kier molecular flexibility index (Phi) is 6.15. The van der Waals surface area contributed by atoms with Crippen molar-refractivity contribution < 1.29 is 30.8 Å². The lowest BCUT2D eigenvalue weighted by Crippen LogP contribution is -2.43. The molecule has 33 heavy (non-hydrogen) atoms. The second-order valence-electron chi connectivity index (χ2n) is 7.89. The quantitative estimate of drug-likeness (QED) is 0.533. The lowest BCUT2D eigenvalue weighted by atomic mass is 9.98. The summed E-state index contributed by atoms with van der Waals surface area (Å²) in [6.07, 6.45) is -4.11. The van der Waals surface area contributed by atoms with Gasteiger partial charge in [-0.1, -0.05) is 30.3 Å². The van der Waals surface area contributed by atoms with E-state index in [2.05, 4.69) is 5.32 Å². The van der Waals surface area contributed by atoms with E-state index in [1.807, 2.05) is 12.1 Å². The van der Waals surface area contributed by atoms with Crippen LogP contribution in [0.5, 0.6) is 0 Å². The first-order valence-electron chi connectivity index (χ1n) is 10.2. The number of fused-ring (bicyclic) bond motifs is 1. The van der Waals surface area contributed by atoms with Crippen LogP contribution in [0.1, 0.15) is 18.4 Å². The molecular weight excluding hydrogens is 460 g/mol. The molecule has 0 radical (unpaired) electrons. The Labute approximate surface area is 188 Å². The van der Waals surface area contributed by atoms with E-state index in [0.717, 1.165) is 16.8 Å². The first-order valence-corrected chi connectivity index (χ1v) is 11.7. The second-order valence-corrected chi connectivity index (χ2v) is 9.83. The molecule has 174 valence electrons. The maximum Gasteiger partial charge on any atom is 0.419 e. The van der Waals surface area contributed by atoms with E-state index in [-0.39, 0.29) is 23.7 Å². The molecule has 0 aliphatic carbocycles. The molecule has 1 amide bonds. The van der Waals surface area contributed by atoms with E-state index in [1.54, 1.807) is 24.3 Å². The summed E-state index contributed by atoms with van der Waals surface area (Å²) in [6, 6.07) is 14.3. The van der Waals surface area contributed by atoms with Gasteiger partial charge in [0, 0.05) is 18.8 Å². The van der Waals surface area contributed by atoms with Crippen LogP contribution < -0.4 is 5.32 Å². The van der Waals surface area contributed by atoms with Gasteiger partial charge in [0.15, 0.2) is 0 Å². The Morgan fingerprint density at radius 2 is 1.73 bits per heavy atom. The lowest BCUT2D eigenvalue weighted by Gasteiger charge is -2.31. The molecule has 10 heteroatoms. The van der Waals surface area contributed by atoms with Gasteiger partial charge in [0.05, 0.1) is 16.4 Å². The normalized spacial score (nSPS) is 17.8. The van der Waals surface area contributed by atoms with Gasteiger partial charge in [0.25, 0.3) is 0 Å². The second kappa shape index (κ2) is 8.75. The molecule has 1 aliphatic rings. The number of alkyl halides is 3. The number of benzene rings is 3. The van der Waals surface area contributed by atoms with Crippen molar-refractivity contribution in [3.8, 4) is 0 Å². The number of hydrogen-bond acceptors (Lipinski definition) is 3. The fraction of sp³-hybridized carbons (Fsp3) is 0.261. The molecule has 0 saturated carbocycles. The van der Waals surface area contributed by atoms with Crippen LogP contribution in [0.2, 0.25) is 0 Å². The molecule has 5 nitrogen and oxygen atoms in total. The Morgan fingerprint density at radius 1 is 1.00 bits per heavy atom. The first kappa shape index (κ1) is 23.2. The molecule has 1 atom stereocenters. The molecule has 3 aromatic rings. The van der Waals surface area contributed by atoms with E-state index in [0.29, 0.717) is 25.0 Å². The highest BCUT2D eigenvalue weighted by atomic mass is 32.2. The van der Waals surface area contributed by atoms with Crippen molar-refractivity contribution >= 4 is 32.4 Å². The molecule has 4 rings (SSSR count). The number of piperidine rings is 1. The van der Waals surface area contributed by atoms with Gasteiger partial charge in [-0.05, 0) is 53.9 Å². The van der Waals surface area contributed by atoms with Crippen molar-refractivity contribution in [1.29, 1.82) is 0 Å². The number of anilines is 1. The van der Waals surface area contributed by atoms with Crippen LogP contribution in [-0.2, 0) is 21.0 Å². The van der Waals surface area contributed by atoms with Crippen LogP contribution >= 0.6 is 0 Å². The summed E-state index contributed by atoms with van der Waals surface area (Å²) in [7, 11) is -3.87. The SMILES string of the molecule is O=C(Nc1ccc(F)c(C(F)(F)F)c1)[C@H]1CCCN(S(=O)(=O)c2ccc3ccccc3c2)C1. The van der Waals surface area contributed by atoms with E-state index in [4.69, 9.17) is 0 Å². The van der Waals surface area contributed by atoms with Crippen molar-refractivity contribution in [2.24, 2.45) is 5.92 Å². The zero-order valence-electron chi connectivity index (χ0n) is 17.3. The molecule has 1 N–H and O–H groups in total. The summed E-state index contributed by atoms with van der Waals surface area (Å²) < 4.78 is 79.9. The zero-order valence-corrected chi connectivity index (χ0v) is 18.1. The van der Waals surface area contributed by atoms with E-state index >= 15 is 0 Å². The van der Waals surface area contributed by atoms with Gasteiger partial charge in [-0.3, -0.25) is 4.79 Å². The number of amides is 1. The Morgan fingerprint density at radius 3 is 2.45 bits per heavy atom. The molecule has 1 saturated heterocycles. The fourth-order valence-corrected chi connectivity index (χ4v) is 5.48. The number of nitrogens with one attached hydrogen (secondary N) is 1. The summed E-state index contributed by atoms with van der Waals surface area (Å²) in [5, 5.41) is 4.02. The molecular formula is C23H20F4N2O3S. The minimum Gasteiger partial charge on any atom is -0.326 e. The Bertz CT molecular complexity index is 1310. The van der Waals surface area contributed by atoms with E-state index < -0.39 is 39.4 Å². The highest BCUT2D eigenvalue weighted by Crippen LogP contribution is 2.33. The smallest absolute Gasteiger partial charge is 0.326 e. The fourth-order valence-electron chi connectivity index (χ4n) is 3.92. The third kappa shape index (κ3) is 4.86. The largest absolute Gasteiger partial charge is 0.419 e. The summed E-state index contributed by atoms with van der Waals surface area (Å²) in [4.78, 5) is 12.8. The minimum absolute atomic E-state index is 0.103. The molecule has 1 fully saturated rings. The van der Waals surface area contributed by atoms with Gasteiger partial charge in [0.1, 0.15) is 5.82 Å². The number of carbonyl (C=O) groups excluding carboxylic acids is 1. The number of sulfonamides is 1. The van der Waals surface area contributed by atoms with Crippen LogP contribution in [-0.4, -0.2) is 31.7 Å². The van der Waals surface area contributed by atoms with Crippen LogP contribution in [0.25, 0.3) is 10.8 Å². The number of hydrogen-bond donors (Lipinski definition) is 1. The minimum atomic E-state index is -4.90. The highest BCUT2D eigenvalue weighted by molar-refractivity contribution is 7.89. The average molecular weight is 480 g/mol. The molecule has 0 bridgehead atoms. The predicted molar refractivity (Wildman–Crippen MR) is 115 cm³/mol. The van der Waals surface area contributed by atoms with Gasteiger partial charge >= 0.3 is 6.18 Å². The first-order chi connectivity index (χ1) is 15.6. The van der Waals surface area contributed by atoms with Crippen molar-refractivity contribution in [3.05, 3.63) is 72.0 Å². The topological polar surface area (TPSA) is 66.5 Å². The number of carbonyl (C=O) groups is 1. The standard InChI is InChI=1S/C23H20F4N2O3S/c24-21-10-8-18(13-20(21)23(25,26)27)28-22(30)17-6-3-11-29(14-17)33(31,32)19-9-7-15-4-1-2-5-16(15)12-19/h1-2,4-5,7-10,12-13,17H,3,6,11,14H2,(H,28,30)/t17-/m0/s1. The zero-order chi connectivity index (χ0) is 23.8. The summed E-state index contributed by atoms with van der Waals surface area (Å²) in [5.41, 5.74) is -1.69. The van der Waals surface area contributed by atoms with Gasteiger partial charge in [-0.25, -0.2) is 12.8 Å². The molecule has 1 heterocycles. The summed E-state index contributed by atoms with van der Waals surface area (Å²) in [5.74, 6) is -2.81. The summed E-state index contributed by atoms with van der Waals surface area (Å²) >= 11 is 0. The Hall–Kier alpha value is -2.98. The molecule has 0 spiro atoms. The van der Waals surface area contributed by atoms with E-state index in [1.165, 1.54) is 10.4 Å². The van der Waals surface area contributed by atoms with Crippen LogP contribution in [0.3, 0.4) is 0 Å².